The summed E-state index contributed by atoms with van der Waals surface area (Å²) in [5.41, 5.74) is 2.74. The molecule has 0 bridgehead atoms. The van der Waals surface area contributed by atoms with Crippen molar-refractivity contribution in [1.82, 2.24) is 0 Å². The van der Waals surface area contributed by atoms with Crippen molar-refractivity contribution in [2.24, 2.45) is 0 Å². The fraction of sp³-hybridized carbons (Fsp3) is 0.100. The molecule has 6 heteroatoms. The molecule has 3 aromatic rings. The molecule has 0 atom stereocenters. The van der Waals surface area contributed by atoms with Crippen molar-refractivity contribution < 1.29 is 19.1 Å². The largest absolute Gasteiger partial charge is 0.467 e. The van der Waals surface area contributed by atoms with Gasteiger partial charge >= 0.3 is 0 Å². The SMILES string of the molecule is N=C=O.N=C=O.OCc1ccco1.c1ccc(Cc2ccccc2)cc1. The predicted molar refractivity (Wildman–Crippen MR) is 97.1 cm³/mol. The minimum absolute atomic E-state index is 0.00694. The van der Waals surface area contributed by atoms with Crippen molar-refractivity contribution in [2.45, 2.75) is 13.0 Å². The van der Waals surface area contributed by atoms with Crippen LogP contribution in [0.2, 0.25) is 0 Å². The molecular formula is C20H20N2O4. The number of rotatable bonds is 3. The lowest BCUT2D eigenvalue weighted by Crippen LogP contribution is -1.85. The highest BCUT2D eigenvalue weighted by Gasteiger charge is 1.92. The Labute approximate surface area is 151 Å². The normalized spacial score (nSPS) is 8.04. The maximum Gasteiger partial charge on any atom is 0.231 e. The number of carbonyl (C=O) groups excluding carboxylic acids is 2. The van der Waals surface area contributed by atoms with Crippen LogP contribution < -0.4 is 0 Å². The number of aliphatic hydroxyl groups excluding tert-OH is 1. The third-order valence-corrected chi connectivity index (χ3v) is 2.83. The van der Waals surface area contributed by atoms with Gasteiger partial charge in [0.2, 0.25) is 12.2 Å². The fourth-order valence-corrected chi connectivity index (χ4v) is 1.83. The summed E-state index contributed by atoms with van der Waals surface area (Å²) in [5, 5.41) is 19.1. The van der Waals surface area contributed by atoms with Crippen molar-refractivity contribution in [3.05, 3.63) is 95.9 Å². The monoisotopic (exact) mass is 352 g/mol. The number of benzene rings is 2. The molecule has 1 aromatic heterocycles. The van der Waals surface area contributed by atoms with E-state index in [1.807, 2.05) is 0 Å². The molecule has 3 rings (SSSR count). The van der Waals surface area contributed by atoms with Crippen LogP contribution in [0.25, 0.3) is 0 Å². The highest BCUT2D eigenvalue weighted by molar-refractivity contribution is 5.26. The number of isocyanates is 2. The van der Waals surface area contributed by atoms with Crippen molar-refractivity contribution in [2.75, 3.05) is 0 Å². The van der Waals surface area contributed by atoms with Crippen LogP contribution >= 0.6 is 0 Å². The first-order valence-corrected chi connectivity index (χ1v) is 7.50. The van der Waals surface area contributed by atoms with E-state index in [0.717, 1.165) is 18.6 Å². The Hall–Kier alpha value is -3.56. The lowest BCUT2D eigenvalue weighted by Gasteiger charge is -2.00. The van der Waals surface area contributed by atoms with Crippen molar-refractivity contribution in [3.8, 4) is 0 Å². The smallest absolute Gasteiger partial charge is 0.231 e. The lowest BCUT2D eigenvalue weighted by atomic mass is 10.1. The second-order valence-corrected chi connectivity index (χ2v) is 4.59. The Bertz CT molecular complexity index is 696. The van der Waals surface area contributed by atoms with Gasteiger partial charge < -0.3 is 9.52 Å². The molecule has 134 valence electrons. The van der Waals surface area contributed by atoms with Gasteiger partial charge in [0.1, 0.15) is 12.4 Å². The molecule has 0 aliphatic heterocycles. The minimum Gasteiger partial charge on any atom is -0.467 e. The second kappa shape index (κ2) is 16.3. The van der Waals surface area contributed by atoms with E-state index in [0.29, 0.717) is 5.76 Å². The highest BCUT2D eigenvalue weighted by atomic mass is 16.4. The molecule has 0 saturated carbocycles. The molecular weight excluding hydrogens is 332 g/mol. The van der Waals surface area contributed by atoms with Crippen molar-refractivity contribution in [3.63, 3.8) is 0 Å². The number of furan rings is 1. The summed E-state index contributed by atoms with van der Waals surface area (Å²) < 4.78 is 4.73. The Balaban J connectivity index is 0.000000405. The maximum atomic E-state index is 8.35. The summed E-state index contributed by atoms with van der Waals surface area (Å²) in [4.78, 5) is 16.7. The molecule has 6 nitrogen and oxygen atoms in total. The number of nitrogens with one attached hydrogen (secondary N) is 2. The summed E-state index contributed by atoms with van der Waals surface area (Å²) >= 11 is 0. The summed E-state index contributed by atoms with van der Waals surface area (Å²) in [5.74, 6) is 0.611. The van der Waals surface area contributed by atoms with E-state index < -0.39 is 0 Å². The van der Waals surface area contributed by atoms with Gasteiger partial charge in [-0.3, -0.25) is 0 Å². The third-order valence-electron chi connectivity index (χ3n) is 2.83. The molecule has 0 spiro atoms. The van der Waals surface area contributed by atoms with Gasteiger partial charge in [-0.15, -0.1) is 0 Å². The van der Waals surface area contributed by atoms with Crippen LogP contribution in [0.4, 0.5) is 0 Å². The fourth-order valence-electron chi connectivity index (χ4n) is 1.83. The molecule has 0 unspecified atom stereocenters. The van der Waals surface area contributed by atoms with E-state index in [1.165, 1.54) is 17.4 Å². The van der Waals surface area contributed by atoms with Crippen LogP contribution in [0.3, 0.4) is 0 Å². The Morgan fingerprint density at radius 1 is 0.769 bits per heavy atom. The lowest BCUT2D eigenvalue weighted by molar-refractivity contribution is 0.247. The van der Waals surface area contributed by atoms with Gasteiger partial charge in [-0.2, -0.15) is 0 Å². The molecule has 0 fully saturated rings. The summed E-state index contributed by atoms with van der Waals surface area (Å²) in [7, 11) is 0. The minimum atomic E-state index is -0.00694. The first-order chi connectivity index (χ1) is 12.7. The van der Waals surface area contributed by atoms with E-state index in [4.69, 9.17) is 29.9 Å². The molecule has 2 aromatic carbocycles. The van der Waals surface area contributed by atoms with Gasteiger partial charge in [0.25, 0.3) is 0 Å². The molecule has 0 amide bonds. The number of hydrogen-bond donors (Lipinski definition) is 3. The molecule has 0 radical (unpaired) electrons. The first kappa shape index (κ1) is 22.4. The number of hydrogen-bond acceptors (Lipinski definition) is 6. The van der Waals surface area contributed by atoms with Gasteiger partial charge in [0.15, 0.2) is 0 Å². The molecule has 0 saturated heterocycles. The predicted octanol–water partition coefficient (Wildman–Crippen LogP) is 3.85. The average Bonchev–Trinajstić information content (AvgIpc) is 3.19. The Morgan fingerprint density at radius 2 is 1.19 bits per heavy atom. The topological polar surface area (TPSA) is 115 Å². The zero-order valence-corrected chi connectivity index (χ0v) is 14.1. The maximum absolute atomic E-state index is 8.35. The average molecular weight is 352 g/mol. The van der Waals surface area contributed by atoms with E-state index in [2.05, 4.69) is 60.7 Å². The first-order valence-electron chi connectivity index (χ1n) is 7.50. The van der Waals surface area contributed by atoms with Crippen LogP contribution in [0, 0.1) is 10.8 Å². The van der Waals surface area contributed by atoms with Gasteiger partial charge in [0.05, 0.1) is 6.26 Å². The highest BCUT2D eigenvalue weighted by Crippen LogP contribution is 2.07. The molecule has 1 heterocycles. The molecule has 26 heavy (non-hydrogen) atoms. The molecule has 0 aliphatic rings. The third kappa shape index (κ3) is 11.9. The van der Waals surface area contributed by atoms with Crippen molar-refractivity contribution >= 4 is 12.2 Å². The van der Waals surface area contributed by atoms with Crippen LogP contribution in [0.1, 0.15) is 16.9 Å². The zero-order valence-electron chi connectivity index (χ0n) is 14.1. The summed E-state index contributed by atoms with van der Waals surface area (Å²) in [6.07, 6.45) is 4.06. The molecule has 3 N–H and O–H groups in total. The second-order valence-electron chi connectivity index (χ2n) is 4.59. The van der Waals surface area contributed by atoms with E-state index in [1.54, 1.807) is 12.1 Å². The van der Waals surface area contributed by atoms with Gasteiger partial charge in [0, 0.05) is 0 Å². The summed E-state index contributed by atoms with van der Waals surface area (Å²) in [6, 6.07) is 24.5. The van der Waals surface area contributed by atoms with Crippen LogP contribution in [0.15, 0.2) is 83.5 Å². The zero-order chi connectivity index (χ0) is 19.5. The summed E-state index contributed by atoms with van der Waals surface area (Å²) in [6.45, 7) is -0.00694. The van der Waals surface area contributed by atoms with Gasteiger partial charge in [-0.25, -0.2) is 20.4 Å². The quantitative estimate of drug-likeness (QED) is 0.490. The van der Waals surface area contributed by atoms with Crippen LogP contribution in [0.5, 0.6) is 0 Å². The van der Waals surface area contributed by atoms with E-state index >= 15 is 0 Å². The van der Waals surface area contributed by atoms with Crippen LogP contribution in [-0.2, 0) is 22.6 Å². The van der Waals surface area contributed by atoms with Crippen LogP contribution in [-0.4, -0.2) is 17.3 Å². The number of aliphatic hydroxyl groups is 1. The van der Waals surface area contributed by atoms with E-state index in [-0.39, 0.29) is 6.61 Å². The Kier molecular flexibility index (Phi) is 14.1. The van der Waals surface area contributed by atoms with Crippen molar-refractivity contribution in [1.29, 1.82) is 10.8 Å². The van der Waals surface area contributed by atoms with E-state index in [9.17, 15) is 0 Å². The Morgan fingerprint density at radius 3 is 1.46 bits per heavy atom. The van der Waals surface area contributed by atoms with Gasteiger partial charge in [-0.05, 0) is 29.7 Å². The standard InChI is InChI=1S/C13H12.C5H6O2.2CHNO/c1-3-7-12(8-4-1)11-13-9-5-2-6-10-13;6-4-5-2-1-3-7-5;2*2-1-3/h1-10H,11H2;1-3,6H,4H2;2*2H. The van der Waals surface area contributed by atoms with Gasteiger partial charge in [-0.1, -0.05) is 60.7 Å². The molecule has 0 aliphatic carbocycles.